The van der Waals surface area contributed by atoms with E-state index in [9.17, 15) is 18.0 Å². The second-order valence-corrected chi connectivity index (χ2v) is 5.48. The summed E-state index contributed by atoms with van der Waals surface area (Å²) in [4.78, 5) is 11.1. The van der Waals surface area contributed by atoms with Gasteiger partial charge in [0.05, 0.1) is 7.11 Å². The van der Waals surface area contributed by atoms with Crippen LogP contribution in [0.3, 0.4) is 0 Å². The molecule has 0 aliphatic carbocycles. The van der Waals surface area contributed by atoms with Crippen molar-refractivity contribution in [3.63, 3.8) is 0 Å². The lowest BCUT2D eigenvalue weighted by molar-refractivity contribution is -0.174. The fraction of sp³-hybridized carbons (Fsp3) is 0.533. The topological polar surface area (TPSA) is 50.4 Å². The molecule has 1 amide bonds. The molecule has 1 fully saturated rings. The highest BCUT2D eigenvalue weighted by atomic mass is 19.4. The first kappa shape index (κ1) is 16.6. The third kappa shape index (κ3) is 3.91. The number of carbonyl (C=O) groups is 1. The third-order valence-electron chi connectivity index (χ3n) is 3.97. The molecule has 122 valence electrons. The molecule has 3 atom stereocenters. The summed E-state index contributed by atoms with van der Waals surface area (Å²) >= 11 is 0. The number of rotatable bonds is 3. The zero-order valence-electron chi connectivity index (χ0n) is 12.4. The minimum Gasteiger partial charge on any atom is -0.497 e. The van der Waals surface area contributed by atoms with E-state index >= 15 is 0 Å². The van der Waals surface area contributed by atoms with Crippen LogP contribution in [0.1, 0.15) is 24.8 Å². The Labute approximate surface area is 127 Å². The predicted octanol–water partition coefficient (Wildman–Crippen LogP) is 2.21. The van der Waals surface area contributed by atoms with Crippen LogP contribution in [-0.2, 0) is 4.79 Å². The van der Waals surface area contributed by atoms with Crippen LogP contribution in [0.15, 0.2) is 24.3 Å². The van der Waals surface area contributed by atoms with E-state index in [0.29, 0.717) is 18.7 Å². The Hall–Kier alpha value is -1.76. The Balaban J connectivity index is 2.08. The molecule has 3 unspecified atom stereocenters. The van der Waals surface area contributed by atoms with Gasteiger partial charge >= 0.3 is 12.1 Å². The molecule has 0 saturated carbocycles. The first-order valence-corrected chi connectivity index (χ1v) is 7.06. The van der Waals surface area contributed by atoms with Crippen LogP contribution < -0.4 is 15.4 Å². The summed E-state index contributed by atoms with van der Waals surface area (Å²) in [6.07, 6.45) is -4.41. The van der Waals surface area contributed by atoms with Gasteiger partial charge in [0, 0.05) is 18.6 Å². The van der Waals surface area contributed by atoms with Crippen LogP contribution in [0.2, 0.25) is 0 Å². The lowest BCUT2D eigenvalue weighted by Gasteiger charge is -2.36. The molecule has 1 aromatic rings. The number of carbonyl (C=O) groups excluding carboxylic acids is 1. The normalized spacial score (nSPS) is 25.6. The van der Waals surface area contributed by atoms with Gasteiger partial charge in [-0.15, -0.1) is 0 Å². The van der Waals surface area contributed by atoms with Crippen molar-refractivity contribution in [2.24, 2.45) is 0 Å². The van der Waals surface area contributed by atoms with E-state index in [-0.39, 0.29) is 12.0 Å². The predicted molar refractivity (Wildman–Crippen MR) is 75.8 cm³/mol. The zero-order valence-corrected chi connectivity index (χ0v) is 12.4. The number of amides is 1. The van der Waals surface area contributed by atoms with Crippen molar-refractivity contribution in [1.82, 2.24) is 10.6 Å². The summed E-state index contributed by atoms with van der Waals surface area (Å²) in [5, 5.41) is 5.23. The molecule has 0 aromatic heterocycles. The van der Waals surface area contributed by atoms with E-state index in [1.165, 1.54) is 0 Å². The molecule has 1 aromatic carbocycles. The maximum atomic E-state index is 12.4. The second-order valence-electron chi connectivity index (χ2n) is 5.48. The fourth-order valence-electron chi connectivity index (χ4n) is 2.65. The summed E-state index contributed by atoms with van der Waals surface area (Å²) in [5.74, 6) is -1.17. The highest BCUT2D eigenvalue weighted by molar-refractivity contribution is 5.82. The minimum absolute atomic E-state index is 0.0184. The number of nitrogens with one attached hydrogen (secondary N) is 2. The second kappa shape index (κ2) is 6.56. The number of piperidine rings is 1. The van der Waals surface area contributed by atoms with Gasteiger partial charge < -0.3 is 15.4 Å². The van der Waals surface area contributed by atoms with Crippen LogP contribution in [0.25, 0.3) is 0 Å². The van der Waals surface area contributed by atoms with E-state index in [1.54, 1.807) is 14.0 Å². The van der Waals surface area contributed by atoms with Gasteiger partial charge in [-0.05, 0) is 37.0 Å². The van der Waals surface area contributed by atoms with Gasteiger partial charge in [-0.25, -0.2) is 0 Å². The van der Waals surface area contributed by atoms with Gasteiger partial charge in [-0.2, -0.15) is 13.2 Å². The summed E-state index contributed by atoms with van der Waals surface area (Å²) in [5.41, 5.74) is 0.977. The van der Waals surface area contributed by atoms with Crippen molar-refractivity contribution in [3.05, 3.63) is 29.8 Å². The van der Waals surface area contributed by atoms with Crippen molar-refractivity contribution in [2.75, 3.05) is 13.7 Å². The van der Waals surface area contributed by atoms with Gasteiger partial charge in [0.25, 0.3) is 0 Å². The Morgan fingerprint density at radius 3 is 2.77 bits per heavy atom. The highest BCUT2D eigenvalue weighted by Crippen LogP contribution is 2.28. The summed E-state index contributed by atoms with van der Waals surface area (Å²) in [7, 11) is 1.56. The van der Waals surface area contributed by atoms with Crippen LogP contribution in [0.5, 0.6) is 5.75 Å². The van der Waals surface area contributed by atoms with E-state index in [1.807, 2.05) is 24.3 Å². The Bertz CT molecular complexity index is 534. The zero-order chi connectivity index (χ0) is 16.3. The molecular formula is C15H19F3N2O2. The SMILES string of the molecule is COc1cccc(C2CNC(C)C(NC(=O)C(F)(F)F)C2)c1. The number of benzene rings is 1. The number of ether oxygens (including phenoxy) is 1. The van der Waals surface area contributed by atoms with Crippen LogP contribution in [0.4, 0.5) is 13.2 Å². The van der Waals surface area contributed by atoms with Crippen molar-refractivity contribution in [2.45, 2.75) is 37.5 Å². The lowest BCUT2D eigenvalue weighted by atomic mass is 9.85. The maximum absolute atomic E-state index is 12.4. The third-order valence-corrected chi connectivity index (χ3v) is 3.97. The molecule has 2 rings (SSSR count). The smallest absolute Gasteiger partial charge is 0.471 e. The highest BCUT2D eigenvalue weighted by Gasteiger charge is 2.41. The molecule has 4 nitrogen and oxygen atoms in total. The average Bonchev–Trinajstić information content (AvgIpc) is 2.48. The van der Waals surface area contributed by atoms with Crippen LogP contribution in [-0.4, -0.2) is 37.8 Å². The molecule has 1 saturated heterocycles. The Morgan fingerprint density at radius 1 is 1.41 bits per heavy atom. The van der Waals surface area contributed by atoms with Crippen molar-refractivity contribution in [1.29, 1.82) is 0 Å². The lowest BCUT2D eigenvalue weighted by Crippen LogP contribution is -2.56. The van der Waals surface area contributed by atoms with E-state index in [0.717, 1.165) is 5.56 Å². The molecule has 0 spiro atoms. The molecule has 22 heavy (non-hydrogen) atoms. The van der Waals surface area contributed by atoms with Crippen molar-refractivity contribution >= 4 is 5.91 Å². The molecule has 7 heteroatoms. The van der Waals surface area contributed by atoms with Crippen molar-refractivity contribution in [3.8, 4) is 5.75 Å². The molecule has 1 heterocycles. The molecule has 2 N–H and O–H groups in total. The Morgan fingerprint density at radius 2 is 2.14 bits per heavy atom. The number of halogens is 3. The van der Waals surface area contributed by atoms with Gasteiger partial charge in [0.2, 0.25) is 0 Å². The largest absolute Gasteiger partial charge is 0.497 e. The van der Waals surface area contributed by atoms with E-state index in [4.69, 9.17) is 4.74 Å². The van der Waals surface area contributed by atoms with Gasteiger partial charge in [0.15, 0.2) is 0 Å². The summed E-state index contributed by atoms with van der Waals surface area (Å²) in [6.45, 7) is 2.41. The first-order chi connectivity index (χ1) is 10.3. The average molecular weight is 316 g/mol. The maximum Gasteiger partial charge on any atom is 0.471 e. The molecule has 0 radical (unpaired) electrons. The number of methoxy groups -OCH3 is 1. The summed E-state index contributed by atoms with van der Waals surface area (Å²) < 4.78 is 42.4. The van der Waals surface area contributed by atoms with Crippen LogP contribution >= 0.6 is 0 Å². The quantitative estimate of drug-likeness (QED) is 0.899. The molecular weight excluding hydrogens is 297 g/mol. The van der Waals surface area contributed by atoms with Gasteiger partial charge in [-0.1, -0.05) is 12.1 Å². The Kier molecular flexibility index (Phi) is 4.95. The molecule has 1 aliphatic heterocycles. The molecule has 0 bridgehead atoms. The number of hydrogen-bond acceptors (Lipinski definition) is 3. The molecule has 1 aliphatic rings. The van der Waals surface area contributed by atoms with Gasteiger partial charge in [-0.3, -0.25) is 4.79 Å². The van der Waals surface area contributed by atoms with Gasteiger partial charge in [0.1, 0.15) is 5.75 Å². The number of hydrogen-bond donors (Lipinski definition) is 2. The van der Waals surface area contributed by atoms with Crippen LogP contribution in [0, 0.1) is 0 Å². The monoisotopic (exact) mass is 316 g/mol. The minimum atomic E-state index is -4.86. The van der Waals surface area contributed by atoms with E-state index in [2.05, 4.69) is 10.6 Å². The summed E-state index contributed by atoms with van der Waals surface area (Å²) in [6, 6.07) is 6.64. The fourth-order valence-corrected chi connectivity index (χ4v) is 2.65. The van der Waals surface area contributed by atoms with Crippen molar-refractivity contribution < 1.29 is 22.7 Å². The number of alkyl halides is 3. The van der Waals surface area contributed by atoms with E-state index < -0.39 is 18.1 Å². The first-order valence-electron chi connectivity index (χ1n) is 7.06. The standard InChI is InChI=1S/C15H19F3N2O2/c1-9-13(20-14(21)15(16,17)18)7-11(8-19-9)10-4-3-5-12(6-10)22-2/h3-6,9,11,13,19H,7-8H2,1-2H3,(H,20,21).